The molecule has 2 unspecified atom stereocenters. The molecule has 0 saturated carbocycles. The second kappa shape index (κ2) is 19.2. The van der Waals surface area contributed by atoms with E-state index in [0.29, 0.717) is 12.0 Å². The van der Waals surface area contributed by atoms with Crippen molar-refractivity contribution in [1.82, 2.24) is 15.5 Å². The second-order valence-electron chi connectivity index (χ2n) is 14.9. The number of benzene rings is 3. The van der Waals surface area contributed by atoms with Gasteiger partial charge in [-0.3, -0.25) is 0 Å². The summed E-state index contributed by atoms with van der Waals surface area (Å²) in [6.07, 6.45) is 17.6. The minimum Gasteiger partial charge on any atom is -0.397 e. The maximum absolute atomic E-state index is 6.58. The molecule has 1 aliphatic rings. The highest BCUT2D eigenvalue weighted by molar-refractivity contribution is 5.99. The molecule has 4 rings (SSSR count). The highest BCUT2D eigenvalue weighted by Crippen LogP contribution is 2.41. The number of likely N-dealkylation sites (N-methyl/N-ethyl adjacent to an activating group) is 1. The number of nitrogens with two attached hydrogens (primary N) is 1. The minimum absolute atomic E-state index is 0.0929. The number of nitrogens with zero attached hydrogens (tertiary/aromatic N) is 1. The van der Waals surface area contributed by atoms with Crippen LogP contribution in [-0.2, 0) is 19.3 Å². The quantitative estimate of drug-likeness (QED) is 0.0703. The van der Waals surface area contributed by atoms with Gasteiger partial charge in [-0.05, 0) is 142 Å². The molecule has 5 N–H and O–H groups in total. The predicted octanol–water partition coefficient (Wildman–Crippen LogP) is 10.0. The number of hydrogen-bond donors (Lipinski definition) is 4. The number of anilines is 1. The molecule has 0 aliphatic heterocycles. The van der Waals surface area contributed by atoms with Crippen molar-refractivity contribution in [2.75, 3.05) is 38.5 Å². The molecule has 0 heterocycles. The molecule has 3 aromatic rings. The van der Waals surface area contributed by atoms with Crippen molar-refractivity contribution in [1.29, 1.82) is 0 Å². The van der Waals surface area contributed by atoms with Crippen molar-refractivity contribution < 1.29 is 0 Å². The fraction of sp³-hybridized carbons (Fsp3) is 0.478. The predicted molar refractivity (Wildman–Crippen MR) is 225 cm³/mol. The Hall–Kier alpha value is -3.80. The van der Waals surface area contributed by atoms with E-state index in [1.54, 1.807) is 0 Å². The van der Waals surface area contributed by atoms with Gasteiger partial charge in [0.2, 0.25) is 0 Å². The van der Waals surface area contributed by atoms with Gasteiger partial charge in [0.05, 0.1) is 5.70 Å². The summed E-state index contributed by atoms with van der Waals surface area (Å²) in [5, 5.41) is 14.0. The molecule has 3 atom stereocenters. The zero-order chi connectivity index (χ0) is 37.0. The first-order valence-electron chi connectivity index (χ1n) is 19.7. The molecule has 3 aromatic carbocycles. The first-order valence-corrected chi connectivity index (χ1v) is 19.7. The van der Waals surface area contributed by atoms with E-state index in [4.69, 9.17) is 5.73 Å². The lowest BCUT2D eigenvalue weighted by Gasteiger charge is -2.40. The van der Waals surface area contributed by atoms with Crippen molar-refractivity contribution in [3.05, 3.63) is 107 Å². The highest BCUT2D eigenvalue weighted by atomic mass is 15.1. The highest BCUT2D eigenvalue weighted by Gasteiger charge is 2.34. The Bertz CT molecular complexity index is 1700. The van der Waals surface area contributed by atoms with Crippen molar-refractivity contribution in [2.45, 2.75) is 105 Å². The van der Waals surface area contributed by atoms with Crippen LogP contribution in [0.15, 0.2) is 85.1 Å². The fourth-order valence-electron chi connectivity index (χ4n) is 7.87. The largest absolute Gasteiger partial charge is 0.397 e. The molecular weight excluding hydrogens is 623 g/mol. The molecule has 0 spiro atoms. The molecule has 0 amide bonds. The van der Waals surface area contributed by atoms with Gasteiger partial charge < -0.3 is 26.6 Å². The van der Waals surface area contributed by atoms with Crippen molar-refractivity contribution in [3.63, 3.8) is 0 Å². The molecule has 5 nitrogen and oxygen atoms in total. The van der Waals surface area contributed by atoms with Crippen molar-refractivity contribution in [3.8, 4) is 11.1 Å². The molecule has 0 fully saturated rings. The Labute approximate surface area is 310 Å². The number of hydrogen-bond acceptors (Lipinski definition) is 5. The topological polar surface area (TPSA) is 65.3 Å². The number of rotatable bonds is 20. The van der Waals surface area contributed by atoms with E-state index in [1.807, 2.05) is 18.4 Å². The number of nitrogens with one attached hydrogen (secondary N) is 3. The van der Waals surface area contributed by atoms with Gasteiger partial charge in [-0.1, -0.05) is 88.4 Å². The summed E-state index contributed by atoms with van der Waals surface area (Å²) in [7, 11) is 2.18. The summed E-state index contributed by atoms with van der Waals surface area (Å²) in [5.41, 5.74) is 17.9. The first-order chi connectivity index (χ1) is 24.6. The molecule has 0 aromatic heterocycles. The normalized spacial score (nSPS) is 15.8. The maximum atomic E-state index is 6.58. The average molecular weight is 690 g/mol. The summed E-state index contributed by atoms with van der Waals surface area (Å²) < 4.78 is 0. The van der Waals surface area contributed by atoms with Crippen molar-refractivity contribution >= 4 is 22.2 Å². The minimum atomic E-state index is -0.0929. The standard InChI is InChI=1S/C46H67N5/c1-10-15-16-17-33(6)43(14-5)46(8,50-25-12-3)31-39-21-20-37-29-41-36(30-42(37)45(39)49-24-11-2)19-18-35-28-38(22-23-40(35)41)44(47)32-48-26-27-51(9)34(7)13-4/h10,15-17,20-23,28-30,32,34,43,48-50H,1,11-14,18-19,24-27,31,47H2,2-9H3/b16-15-,33-17+,44-32-/t34-,43?,46?/m0/s1. The average Bonchev–Trinajstić information content (AvgIpc) is 3.14. The molecule has 0 radical (unpaired) electrons. The lowest BCUT2D eigenvalue weighted by molar-refractivity contribution is 0.251. The van der Waals surface area contributed by atoms with Crippen LogP contribution in [0.25, 0.3) is 27.6 Å². The van der Waals surface area contributed by atoms with E-state index in [-0.39, 0.29) is 5.54 Å². The monoisotopic (exact) mass is 690 g/mol. The van der Waals surface area contributed by atoms with Gasteiger partial charge in [0.1, 0.15) is 0 Å². The van der Waals surface area contributed by atoms with Gasteiger partial charge in [-0.15, -0.1) is 0 Å². The Balaban J connectivity index is 1.67. The van der Waals surface area contributed by atoms with Crippen LogP contribution in [0.1, 0.15) is 96.4 Å². The lowest BCUT2D eigenvalue weighted by atomic mass is 9.74. The number of aryl methyl sites for hydroxylation is 2. The molecule has 276 valence electrons. The van der Waals surface area contributed by atoms with Gasteiger partial charge in [0.15, 0.2) is 0 Å². The molecule has 1 aliphatic carbocycles. The van der Waals surface area contributed by atoms with E-state index in [0.717, 1.165) is 82.4 Å². The molecule has 5 heteroatoms. The van der Waals surface area contributed by atoms with Gasteiger partial charge in [-0.25, -0.2) is 0 Å². The zero-order valence-corrected chi connectivity index (χ0v) is 33.1. The Morgan fingerprint density at radius 1 is 0.941 bits per heavy atom. The number of fused-ring (bicyclic) bond motifs is 4. The van der Waals surface area contributed by atoms with Crippen LogP contribution in [0.3, 0.4) is 0 Å². The Morgan fingerprint density at radius 3 is 2.37 bits per heavy atom. The number of allylic oxidation sites excluding steroid dienone is 4. The van der Waals surface area contributed by atoms with E-state index < -0.39 is 0 Å². The van der Waals surface area contributed by atoms with E-state index in [9.17, 15) is 0 Å². The van der Waals surface area contributed by atoms with Crippen LogP contribution in [-0.4, -0.2) is 49.7 Å². The molecule has 51 heavy (non-hydrogen) atoms. The third-order valence-electron chi connectivity index (χ3n) is 11.2. The van der Waals surface area contributed by atoms with Gasteiger partial charge in [0.25, 0.3) is 0 Å². The van der Waals surface area contributed by atoms with Crippen molar-refractivity contribution in [2.24, 2.45) is 11.7 Å². The summed E-state index contributed by atoms with van der Waals surface area (Å²) in [6, 6.07) is 17.0. The zero-order valence-electron chi connectivity index (χ0n) is 33.1. The van der Waals surface area contributed by atoms with Crippen LogP contribution < -0.4 is 21.7 Å². The first kappa shape index (κ1) is 40.0. The summed E-state index contributed by atoms with van der Waals surface area (Å²) in [4.78, 5) is 2.38. The maximum Gasteiger partial charge on any atom is 0.0547 e. The molecular formula is C46H67N5. The third-order valence-corrected chi connectivity index (χ3v) is 11.2. The molecule has 0 saturated heterocycles. The van der Waals surface area contributed by atoms with E-state index in [2.05, 4.69) is 138 Å². The SMILES string of the molecule is C=C/C=C\C=C(/C)C(CC)C(C)(Cc1ccc2cc3c(cc2c1NCCC)CCc1cc(/C(N)=C/NCCN(C)[C@@H](C)CC)ccc1-3)NCCC. The fourth-order valence-corrected chi connectivity index (χ4v) is 7.87. The van der Waals surface area contributed by atoms with Crippen LogP contribution >= 0.6 is 0 Å². The van der Waals surface area contributed by atoms with E-state index >= 15 is 0 Å². The smallest absolute Gasteiger partial charge is 0.0547 e. The van der Waals surface area contributed by atoms with Crippen LogP contribution in [0.2, 0.25) is 0 Å². The van der Waals surface area contributed by atoms with Crippen LogP contribution in [0.5, 0.6) is 0 Å². The second-order valence-corrected chi connectivity index (χ2v) is 14.9. The summed E-state index contributed by atoms with van der Waals surface area (Å²) in [5.74, 6) is 0.397. The van der Waals surface area contributed by atoms with E-state index in [1.165, 1.54) is 49.9 Å². The van der Waals surface area contributed by atoms with Gasteiger partial charge in [-0.2, -0.15) is 0 Å². The van der Waals surface area contributed by atoms with Gasteiger partial charge >= 0.3 is 0 Å². The Morgan fingerprint density at radius 2 is 1.69 bits per heavy atom. The summed E-state index contributed by atoms with van der Waals surface area (Å²) >= 11 is 0. The van der Waals surface area contributed by atoms with Gasteiger partial charge in [0, 0.05) is 48.5 Å². The third kappa shape index (κ3) is 9.96. The van der Waals surface area contributed by atoms with Crippen LogP contribution in [0.4, 0.5) is 5.69 Å². The summed E-state index contributed by atoms with van der Waals surface area (Å²) in [6.45, 7) is 23.7. The molecule has 0 bridgehead atoms. The Kier molecular flexibility index (Phi) is 15.0. The van der Waals surface area contributed by atoms with Crippen LogP contribution in [0, 0.1) is 5.92 Å². The lowest BCUT2D eigenvalue weighted by Crippen LogP contribution is -2.51.